The van der Waals surface area contributed by atoms with Gasteiger partial charge in [-0.05, 0) is 30.2 Å². The lowest BCUT2D eigenvalue weighted by atomic mass is 9.86. The van der Waals surface area contributed by atoms with Gasteiger partial charge >= 0.3 is 0 Å². The van der Waals surface area contributed by atoms with E-state index in [0.29, 0.717) is 18.3 Å². The molecule has 25 heavy (non-hydrogen) atoms. The van der Waals surface area contributed by atoms with Crippen LogP contribution in [0.3, 0.4) is 0 Å². The molecule has 1 saturated heterocycles. The Morgan fingerprint density at radius 1 is 1.08 bits per heavy atom. The molecule has 2 aromatic carbocycles. The number of nitrogens with one attached hydrogen (secondary N) is 2. The molecule has 3 aromatic rings. The van der Waals surface area contributed by atoms with Gasteiger partial charge in [0.15, 0.2) is 0 Å². The molecule has 1 fully saturated rings. The zero-order chi connectivity index (χ0) is 17.1. The minimum Gasteiger partial charge on any atom is -0.326 e. The molecule has 0 aliphatic carbocycles. The average Bonchev–Trinajstić information content (AvgIpc) is 3.11. The highest BCUT2D eigenvalue weighted by Gasteiger charge is 2.30. The summed E-state index contributed by atoms with van der Waals surface area (Å²) in [6.07, 6.45) is 4.09. The van der Waals surface area contributed by atoms with Gasteiger partial charge in [0.1, 0.15) is 0 Å². The zero-order valence-electron chi connectivity index (χ0n) is 14.0. The Bertz CT molecular complexity index is 873. The van der Waals surface area contributed by atoms with Crippen molar-refractivity contribution in [3.05, 3.63) is 72.6 Å². The number of anilines is 1. The Kier molecular flexibility index (Phi) is 4.44. The number of carbonyl (C=O) groups excluding carboxylic acids is 1. The Balaban J connectivity index is 1.48. The van der Waals surface area contributed by atoms with Gasteiger partial charge in [-0.1, -0.05) is 42.5 Å². The van der Waals surface area contributed by atoms with Crippen molar-refractivity contribution in [2.45, 2.75) is 12.3 Å². The number of hydrogen-bond donors (Lipinski definition) is 2. The second-order valence-electron chi connectivity index (χ2n) is 6.59. The molecule has 0 radical (unpaired) electrons. The maximum Gasteiger partial charge on any atom is 0.224 e. The molecule has 2 N–H and O–H groups in total. The van der Waals surface area contributed by atoms with Gasteiger partial charge in [0.05, 0.1) is 0 Å². The largest absolute Gasteiger partial charge is 0.326 e. The predicted molar refractivity (Wildman–Crippen MR) is 101 cm³/mol. The Hall–Kier alpha value is -2.72. The molecule has 4 rings (SSSR count). The summed E-state index contributed by atoms with van der Waals surface area (Å²) in [5.74, 6) is 0.779. The van der Waals surface area contributed by atoms with Crippen LogP contribution in [0.2, 0.25) is 0 Å². The number of nitrogens with zero attached hydrogens (tertiary/aromatic N) is 1. The number of benzene rings is 2. The number of hydrogen-bond acceptors (Lipinski definition) is 3. The van der Waals surface area contributed by atoms with Gasteiger partial charge in [-0.2, -0.15) is 0 Å². The van der Waals surface area contributed by atoms with E-state index in [1.165, 1.54) is 5.56 Å². The molecule has 2 heterocycles. The third kappa shape index (κ3) is 3.39. The lowest BCUT2D eigenvalue weighted by Gasteiger charge is -2.19. The van der Waals surface area contributed by atoms with Crippen LogP contribution in [0.15, 0.2) is 67.0 Å². The Morgan fingerprint density at radius 3 is 2.84 bits per heavy atom. The SMILES string of the molecule is O=C(CC1CNC[C@H]1c1ccccc1)Nc1cccc2cnccc12. The van der Waals surface area contributed by atoms with Crippen molar-refractivity contribution in [2.75, 3.05) is 18.4 Å². The van der Waals surface area contributed by atoms with Gasteiger partial charge in [-0.25, -0.2) is 0 Å². The molecule has 0 saturated carbocycles. The van der Waals surface area contributed by atoms with Crippen molar-refractivity contribution in [3.8, 4) is 0 Å². The quantitative estimate of drug-likeness (QED) is 0.768. The van der Waals surface area contributed by atoms with E-state index in [1.807, 2.05) is 36.5 Å². The highest BCUT2D eigenvalue weighted by molar-refractivity contribution is 6.01. The zero-order valence-corrected chi connectivity index (χ0v) is 14.0. The van der Waals surface area contributed by atoms with E-state index in [2.05, 4.69) is 39.9 Å². The molecule has 1 aliphatic heterocycles. The summed E-state index contributed by atoms with van der Waals surface area (Å²) in [4.78, 5) is 16.8. The molecule has 1 amide bonds. The van der Waals surface area contributed by atoms with Gasteiger partial charge < -0.3 is 10.6 Å². The summed E-state index contributed by atoms with van der Waals surface area (Å²) in [6, 6.07) is 18.3. The van der Waals surface area contributed by atoms with Crippen LogP contribution >= 0.6 is 0 Å². The number of amides is 1. The summed E-state index contributed by atoms with van der Waals surface area (Å²) >= 11 is 0. The third-order valence-corrected chi connectivity index (χ3v) is 4.97. The monoisotopic (exact) mass is 331 g/mol. The van der Waals surface area contributed by atoms with E-state index in [0.717, 1.165) is 29.5 Å². The highest BCUT2D eigenvalue weighted by Crippen LogP contribution is 2.31. The van der Waals surface area contributed by atoms with Crippen molar-refractivity contribution in [3.63, 3.8) is 0 Å². The van der Waals surface area contributed by atoms with Crippen molar-refractivity contribution < 1.29 is 4.79 Å². The fraction of sp³-hybridized carbons (Fsp3) is 0.238. The lowest BCUT2D eigenvalue weighted by Crippen LogP contribution is -2.21. The van der Waals surface area contributed by atoms with Crippen molar-refractivity contribution in [1.29, 1.82) is 0 Å². The fourth-order valence-electron chi connectivity index (χ4n) is 3.71. The smallest absolute Gasteiger partial charge is 0.224 e. The first kappa shape index (κ1) is 15.8. The number of rotatable bonds is 4. The minimum atomic E-state index is 0.0685. The molecule has 0 spiro atoms. The van der Waals surface area contributed by atoms with Crippen LogP contribution < -0.4 is 10.6 Å². The van der Waals surface area contributed by atoms with Crippen molar-refractivity contribution >= 4 is 22.4 Å². The van der Waals surface area contributed by atoms with Crippen LogP contribution in [-0.4, -0.2) is 24.0 Å². The first-order chi connectivity index (χ1) is 12.3. The predicted octanol–water partition coefficient (Wildman–Crippen LogP) is 3.57. The second-order valence-corrected chi connectivity index (χ2v) is 6.59. The van der Waals surface area contributed by atoms with Crippen LogP contribution in [0.4, 0.5) is 5.69 Å². The van der Waals surface area contributed by atoms with E-state index in [1.54, 1.807) is 6.20 Å². The van der Waals surface area contributed by atoms with E-state index < -0.39 is 0 Å². The molecule has 0 bridgehead atoms. The van der Waals surface area contributed by atoms with Crippen LogP contribution in [-0.2, 0) is 4.79 Å². The normalized spacial score (nSPS) is 19.8. The van der Waals surface area contributed by atoms with E-state index in [9.17, 15) is 4.79 Å². The molecule has 1 unspecified atom stereocenters. The van der Waals surface area contributed by atoms with Crippen LogP contribution in [0.25, 0.3) is 10.8 Å². The first-order valence-electron chi connectivity index (χ1n) is 8.69. The molecule has 126 valence electrons. The molecule has 1 aromatic heterocycles. The van der Waals surface area contributed by atoms with E-state index in [4.69, 9.17) is 0 Å². The summed E-state index contributed by atoms with van der Waals surface area (Å²) in [5.41, 5.74) is 2.16. The van der Waals surface area contributed by atoms with Crippen LogP contribution in [0.1, 0.15) is 17.9 Å². The maximum atomic E-state index is 12.6. The molecule has 2 atom stereocenters. The molecule has 4 nitrogen and oxygen atoms in total. The molecule has 1 aliphatic rings. The number of fused-ring (bicyclic) bond motifs is 1. The molecular formula is C21H21N3O. The Morgan fingerprint density at radius 2 is 1.96 bits per heavy atom. The topological polar surface area (TPSA) is 54.0 Å². The lowest BCUT2D eigenvalue weighted by molar-refractivity contribution is -0.117. The van der Waals surface area contributed by atoms with Gasteiger partial charge in [-0.3, -0.25) is 9.78 Å². The average molecular weight is 331 g/mol. The maximum absolute atomic E-state index is 12.6. The van der Waals surface area contributed by atoms with E-state index in [-0.39, 0.29) is 5.91 Å². The van der Waals surface area contributed by atoms with Crippen LogP contribution in [0.5, 0.6) is 0 Å². The summed E-state index contributed by atoms with van der Waals surface area (Å²) in [5, 5.41) is 8.58. The van der Waals surface area contributed by atoms with Gasteiger partial charge in [-0.15, -0.1) is 0 Å². The highest BCUT2D eigenvalue weighted by atomic mass is 16.1. The Labute approximate surface area is 147 Å². The van der Waals surface area contributed by atoms with Crippen molar-refractivity contribution in [1.82, 2.24) is 10.3 Å². The number of carbonyl (C=O) groups is 1. The second kappa shape index (κ2) is 7.03. The van der Waals surface area contributed by atoms with Crippen molar-refractivity contribution in [2.24, 2.45) is 5.92 Å². The summed E-state index contributed by atoms with van der Waals surface area (Å²) < 4.78 is 0. The van der Waals surface area contributed by atoms with Gasteiger partial charge in [0, 0.05) is 47.7 Å². The fourth-order valence-corrected chi connectivity index (χ4v) is 3.71. The number of pyridine rings is 1. The van der Waals surface area contributed by atoms with Gasteiger partial charge in [0.25, 0.3) is 0 Å². The molecular weight excluding hydrogens is 310 g/mol. The summed E-state index contributed by atoms with van der Waals surface area (Å²) in [7, 11) is 0. The first-order valence-corrected chi connectivity index (χ1v) is 8.69. The minimum absolute atomic E-state index is 0.0685. The standard InChI is InChI=1S/C21H21N3O/c25-21(24-20-8-4-7-16-12-22-10-9-18(16)20)11-17-13-23-14-19(17)15-5-2-1-3-6-15/h1-10,12,17,19,23H,11,13-14H2,(H,24,25)/t17?,19-/m0/s1. The van der Waals surface area contributed by atoms with Gasteiger partial charge in [0.2, 0.25) is 5.91 Å². The summed E-state index contributed by atoms with van der Waals surface area (Å²) in [6.45, 7) is 1.81. The molecule has 4 heteroatoms. The van der Waals surface area contributed by atoms with E-state index >= 15 is 0 Å². The number of aromatic nitrogens is 1. The van der Waals surface area contributed by atoms with Crippen LogP contribution in [0, 0.1) is 5.92 Å². The third-order valence-electron chi connectivity index (χ3n) is 4.97.